The third kappa shape index (κ3) is 6.04. The molecular formula is C9H15NaO5. The zero-order valence-electron chi connectivity index (χ0n) is 8.44. The van der Waals surface area contributed by atoms with Crippen LogP contribution in [0, 0.1) is 5.92 Å². The summed E-state index contributed by atoms with van der Waals surface area (Å²) in [7, 11) is 0. The number of esters is 2. The van der Waals surface area contributed by atoms with Crippen LogP contribution in [0.2, 0.25) is 0 Å². The Bertz CT molecular complexity index is 249. The van der Waals surface area contributed by atoms with Crippen LogP contribution in [0.3, 0.4) is 0 Å². The van der Waals surface area contributed by atoms with Crippen LogP contribution in [0.1, 0.15) is 27.2 Å². The van der Waals surface area contributed by atoms with Gasteiger partial charge in [-0.25, -0.2) is 4.79 Å². The van der Waals surface area contributed by atoms with Gasteiger partial charge in [-0.05, 0) is 13.3 Å². The van der Waals surface area contributed by atoms with Crippen molar-refractivity contribution in [2.45, 2.75) is 33.3 Å². The first-order valence-corrected chi connectivity index (χ1v) is 4.34. The van der Waals surface area contributed by atoms with E-state index in [1.807, 2.05) is 0 Å². The first-order valence-electron chi connectivity index (χ1n) is 4.34. The average Bonchev–Trinajstić information content (AvgIpc) is 2.03. The molecule has 5 nitrogen and oxygen atoms in total. The van der Waals surface area contributed by atoms with Gasteiger partial charge in [-0.2, -0.15) is 0 Å². The molecule has 0 aliphatic carbocycles. The molecule has 2 atom stereocenters. The molecule has 0 bridgehead atoms. The molecule has 0 saturated heterocycles. The molecule has 0 radical (unpaired) electrons. The van der Waals surface area contributed by atoms with Crippen LogP contribution in [-0.2, 0) is 19.1 Å². The molecule has 0 rings (SSSR count). The zero-order chi connectivity index (χ0) is 11.3. The van der Waals surface area contributed by atoms with Gasteiger partial charge in [0.05, 0.1) is 12.0 Å². The van der Waals surface area contributed by atoms with Crippen molar-refractivity contribution in [2.75, 3.05) is 0 Å². The fourth-order valence-electron chi connectivity index (χ4n) is 1.08. The number of aliphatic hydroxyl groups is 1. The SMILES string of the molecule is CCC(C(=O)C(=O)OC(C)=O)C(C)O.[NaH]. The van der Waals surface area contributed by atoms with Crippen molar-refractivity contribution in [3.63, 3.8) is 0 Å². The van der Waals surface area contributed by atoms with E-state index in [1.165, 1.54) is 6.92 Å². The van der Waals surface area contributed by atoms with Gasteiger partial charge >= 0.3 is 41.5 Å². The second-order valence-corrected chi connectivity index (χ2v) is 3.00. The summed E-state index contributed by atoms with van der Waals surface area (Å²) < 4.78 is 4.11. The molecule has 0 aromatic rings. The molecule has 0 saturated carbocycles. The summed E-state index contributed by atoms with van der Waals surface area (Å²) in [5.41, 5.74) is 0. The number of ether oxygens (including phenoxy) is 1. The minimum atomic E-state index is -1.20. The topological polar surface area (TPSA) is 80.7 Å². The molecule has 0 aliphatic heterocycles. The van der Waals surface area contributed by atoms with Crippen molar-refractivity contribution in [2.24, 2.45) is 5.92 Å². The summed E-state index contributed by atoms with van der Waals surface area (Å²) in [4.78, 5) is 32.6. The van der Waals surface area contributed by atoms with E-state index in [-0.39, 0.29) is 29.6 Å². The molecule has 0 aromatic carbocycles. The molecule has 6 heteroatoms. The molecule has 1 N–H and O–H groups in total. The second kappa shape index (κ2) is 7.98. The summed E-state index contributed by atoms with van der Waals surface area (Å²) in [6.07, 6.45) is -0.601. The van der Waals surface area contributed by atoms with Gasteiger partial charge in [-0.15, -0.1) is 0 Å². The molecule has 82 valence electrons. The molecule has 15 heavy (non-hydrogen) atoms. The van der Waals surface area contributed by atoms with E-state index in [2.05, 4.69) is 4.74 Å². The molecule has 0 heterocycles. The summed E-state index contributed by atoms with van der Waals surface area (Å²) >= 11 is 0. The Morgan fingerprint density at radius 3 is 2.07 bits per heavy atom. The van der Waals surface area contributed by atoms with Crippen molar-refractivity contribution in [1.82, 2.24) is 0 Å². The van der Waals surface area contributed by atoms with E-state index in [1.54, 1.807) is 6.92 Å². The number of ketones is 1. The first-order chi connectivity index (χ1) is 6.40. The first kappa shape index (κ1) is 17.2. The van der Waals surface area contributed by atoms with Gasteiger partial charge in [-0.1, -0.05) is 6.92 Å². The van der Waals surface area contributed by atoms with Crippen molar-refractivity contribution in [3.8, 4) is 0 Å². The maximum absolute atomic E-state index is 11.3. The third-order valence-corrected chi connectivity index (χ3v) is 1.80. The van der Waals surface area contributed by atoms with Crippen LogP contribution in [0.15, 0.2) is 0 Å². The maximum atomic E-state index is 11.3. The fourth-order valence-corrected chi connectivity index (χ4v) is 1.08. The number of hydrogen-bond acceptors (Lipinski definition) is 5. The Hall–Kier alpha value is -0.230. The number of Topliss-reactive ketones (excluding diaryl/α,β-unsaturated/α-hetero) is 1. The zero-order valence-corrected chi connectivity index (χ0v) is 8.44. The Labute approximate surface area is 110 Å². The summed E-state index contributed by atoms with van der Waals surface area (Å²) in [6.45, 7) is 4.11. The monoisotopic (exact) mass is 226 g/mol. The standard InChI is InChI=1S/C9H14O5.Na.H/c1-4-7(5(2)10)8(12)9(13)14-6(3)11;;/h5,7,10H,4H2,1-3H3;;. The fraction of sp³-hybridized carbons (Fsp3) is 0.667. The average molecular weight is 226 g/mol. The number of carbonyl (C=O) groups is 3. The Balaban J connectivity index is 0. The van der Waals surface area contributed by atoms with E-state index in [0.717, 1.165) is 6.92 Å². The Kier molecular flexibility index (Phi) is 9.14. The predicted molar refractivity (Wildman–Crippen MR) is 54.4 cm³/mol. The number of aliphatic hydroxyl groups excluding tert-OH is 1. The minimum absolute atomic E-state index is 0. The summed E-state index contributed by atoms with van der Waals surface area (Å²) in [5.74, 6) is -3.70. The molecule has 2 unspecified atom stereocenters. The van der Waals surface area contributed by atoms with E-state index >= 15 is 0 Å². The molecule has 0 aromatic heterocycles. The Morgan fingerprint density at radius 2 is 1.80 bits per heavy atom. The van der Waals surface area contributed by atoms with Gasteiger partial charge in [0.15, 0.2) is 0 Å². The van der Waals surface area contributed by atoms with Crippen LogP contribution < -0.4 is 0 Å². The summed E-state index contributed by atoms with van der Waals surface area (Å²) in [6, 6.07) is 0. The molecule has 0 amide bonds. The van der Waals surface area contributed by atoms with Crippen molar-refractivity contribution in [1.29, 1.82) is 0 Å². The van der Waals surface area contributed by atoms with Crippen molar-refractivity contribution in [3.05, 3.63) is 0 Å². The van der Waals surface area contributed by atoms with E-state index in [4.69, 9.17) is 5.11 Å². The van der Waals surface area contributed by atoms with Crippen LogP contribution in [0.4, 0.5) is 0 Å². The van der Waals surface area contributed by atoms with E-state index in [9.17, 15) is 14.4 Å². The number of carbonyl (C=O) groups excluding carboxylic acids is 3. The van der Waals surface area contributed by atoms with Gasteiger partial charge in [0, 0.05) is 6.92 Å². The molecule has 0 aliphatic rings. The second-order valence-electron chi connectivity index (χ2n) is 3.00. The van der Waals surface area contributed by atoms with Gasteiger partial charge in [0.2, 0.25) is 5.78 Å². The quantitative estimate of drug-likeness (QED) is 0.300. The number of hydrogen-bond donors (Lipinski definition) is 1. The molecule has 0 fully saturated rings. The predicted octanol–water partition coefficient (Wildman–Crippen LogP) is -0.596. The van der Waals surface area contributed by atoms with Crippen LogP contribution in [0.25, 0.3) is 0 Å². The third-order valence-electron chi connectivity index (χ3n) is 1.80. The van der Waals surface area contributed by atoms with Crippen LogP contribution in [-0.4, -0.2) is 58.5 Å². The van der Waals surface area contributed by atoms with Gasteiger partial charge < -0.3 is 9.84 Å². The Morgan fingerprint density at radius 1 is 1.33 bits per heavy atom. The van der Waals surface area contributed by atoms with Crippen LogP contribution >= 0.6 is 0 Å². The number of rotatable bonds is 4. The van der Waals surface area contributed by atoms with Crippen LogP contribution in [0.5, 0.6) is 0 Å². The molecule has 0 spiro atoms. The van der Waals surface area contributed by atoms with Crippen molar-refractivity contribution >= 4 is 47.3 Å². The van der Waals surface area contributed by atoms with Gasteiger partial charge in [-0.3, -0.25) is 9.59 Å². The molecular weight excluding hydrogens is 211 g/mol. The van der Waals surface area contributed by atoms with E-state index < -0.39 is 29.7 Å². The summed E-state index contributed by atoms with van der Waals surface area (Å²) in [5, 5.41) is 9.15. The van der Waals surface area contributed by atoms with Gasteiger partial charge in [0.25, 0.3) is 0 Å². The van der Waals surface area contributed by atoms with Gasteiger partial charge in [0.1, 0.15) is 0 Å². The van der Waals surface area contributed by atoms with Crippen molar-refractivity contribution < 1.29 is 24.2 Å². The van der Waals surface area contributed by atoms with E-state index in [0.29, 0.717) is 6.42 Å². The normalized spacial score (nSPS) is 13.3.